The van der Waals surface area contributed by atoms with E-state index < -0.39 is 10.0 Å². The molecule has 0 radical (unpaired) electrons. The van der Waals surface area contributed by atoms with Crippen molar-refractivity contribution in [2.24, 2.45) is 0 Å². The molecule has 1 N–H and O–H groups in total. The van der Waals surface area contributed by atoms with Crippen molar-refractivity contribution in [3.63, 3.8) is 0 Å². The van der Waals surface area contributed by atoms with Gasteiger partial charge in [-0.15, -0.1) is 11.3 Å². The first-order valence-corrected chi connectivity index (χ1v) is 8.20. The lowest BCUT2D eigenvalue weighted by Crippen LogP contribution is -2.11. The quantitative estimate of drug-likeness (QED) is 0.916. The zero-order valence-corrected chi connectivity index (χ0v) is 12.5. The molecule has 102 valence electrons. The van der Waals surface area contributed by atoms with Crippen molar-refractivity contribution in [2.75, 3.05) is 11.3 Å². The Morgan fingerprint density at radius 3 is 2.42 bits per heavy atom. The van der Waals surface area contributed by atoms with Crippen LogP contribution in [0.1, 0.15) is 6.92 Å². The predicted octanol–water partition coefficient (Wildman–Crippen LogP) is 3.60. The lowest BCUT2D eigenvalue weighted by Gasteiger charge is -2.07. The van der Waals surface area contributed by atoms with Crippen molar-refractivity contribution in [2.45, 2.75) is 11.1 Å². The molecule has 0 aliphatic heterocycles. The van der Waals surface area contributed by atoms with Gasteiger partial charge < -0.3 is 4.74 Å². The fourth-order valence-corrected chi connectivity index (χ4v) is 3.97. The Morgan fingerprint density at radius 2 is 1.89 bits per heavy atom. The summed E-state index contributed by atoms with van der Waals surface area (Å²) in [6, 6.07) is 9.75. The molecule has 7 heteroatoms. The summed E-state index contributed by atoms with van der Waals surface area (Å²) in [4.78, 5) is 0. The molecule has 0 aliphatic rings. The summed E-state index contributed by atoms with van der Waals surface area (Å²) in [5.74, 6) is 0.699. The number of rotatable bonds is 5. The number of nitrogens with one attached hydrogen (secondary N) is 1. The molecule has 1 aromatic carbocycles. The third kappa shape index (κ3) is 3.62. The molecule has 0 saturated carbocycles. The van der Waals surface area contributed by atoms with Gasteiger partial charge in [0.05, 0.1) is 10.9 Å². The van der Waals surface area contributed by atoms with Crippen LogP contribution in [-0.4, -0.2) is 15.0 Å². The standard InChI is InChI=1S/C12H12ClNO3S2/c1-2-17-10-5-3-9(4-6-10)14-19(15,16)12-8-7-11(13)18-12/h3-8,14H,2H2,1H3. The van der Waals surface area contributed by atoms with Crippen molar-refractivity contribution < 1.29 is 13.2 Å². The molecule has 2 aromatic rings. The fourth-order valence-electron chi connectivity index (χ4n) is 1.43. The summed E-state index contributed by atoms with van der Waals surface area (Å²) in [6.07, 6.45) is 0. The van der Waals surface area contributed by atoms with E-state index in [0.717, 1.165) is 11.3 Å². The average Bonchev–Trinajstić information content (AvgIpc) is 2.79. The van der Waals surface area contributed by atoms with Crippen LogP contribution in [0.5, 0.6) is 5.75 Å². The number of benzene rings is 1. The highest BCUT2D eigenvalue weighted by molar-refractivity contribution is 7.94. The van der Waals surface area contributed by atoms with Crippen LogP contribution in [0.3, 0.4) is 0 Å². The largest absolute Gasteiger partial charge is 0.494 e. The molecule has 0 aliphatic carbocycles. The van der Waals surface area contributed by atoms with Crippen LogP contribution in [0.2, 0.25) is 4.34 Å². The van der Waals surface area contributed by atoms with Crippen LogP contribution < -0.4 is 9.46 Å². The van der Waals surface area contributed by atoms with Gasteiger partial charge in [-0.05, 0) is 43.3 Å². The number of anilines is 1. The zero-order chi connectivity index (χ0) is 13.9. The third-order valence-corrected chi connectivity index (χ3v) is 5.34. The Morgan fingerprint density at radius 1 is 1.21 bits per heavy atom. The Balaban J connectivity index is 2.16. The second-order valence-corrected chi connectivity index (χ2v) is 7.25. The topological polar surface area (TPSA) is 55.4 Å². The van der Waals surface area contributed by atoms with E-state index >= 15 is 0 Å². The molecule has 0 saturated heterocycles. The first-order chi connectivity index (χ1) is 9.01. The molecule has 0 bridgehead atoms. The molecule has 19 heavy (non-hydrogen) atoms. The van der Waals surface area contributed by atoms with E-state index in [1.165, 1.54) is 6.07 Å². The third-order valence-electron chi connectivity index (χ3n) is 2.23. The molecular weight excluding hydrogens is 306 g/mol. The maximum Gasteiger partial charge on any atom is 0.271 e. The fraction of sp³-hybridized carbons (Fsp3) is 0.167. The van der Waals surface area contributed by atoms with Gasteiger partial charge in [-0.3, -0.25) is 4.72 Å². The van der Waals surface area contributed by atoms with Crippen LogP contribution in [0, 0.1) is 0 Å². The maximum absolute atomic E-state index is 12.0. The highest BCUT2D eigenvalue weighted by atomic mass is 35.5. The average molecular weight is 318 g/mol. The van der Waals surface area contributed by atoms with E-state index in [4.69, 9.17) is 16.3 Å². The summed E-state index contributed by atoms with van der Waals surface area (Å²) in [6.45, 7) is 2.45. The van der Waals surface area contributed by atoms with Crippen molar-refractivity contribution in [1.29, 1.82) is 0 Å². The Bertz CT molecular complexity index is 650. The summed E-state index contributed by atoms with van der Waals surface area (Å²) < 4.78 is 32.5. The van der Waals surface area contributed by atoms with Crippen LogP contribution >= 0.6 is 22.9 Å². The minimum absolute atomic E-state index is 0.186. The van der Waals surface area contributed by atoms with Gasteiger partial charge in [-0.2, -0.15) is 0 Å². The SMILES string of the molecule is CCOc1ccc(NS(=O)(=O)c2ccc(Cl)s2)cc1. The molecule has 4 nitrogen and oxygen atoms in total. The van der Waals surface area contributed by atoms with Crippen LogP contribution in [-0.2, 0) is 10.0 Å². The number of thiophene rings is 1. The van der Waals surface area contributed by atoms with Gasteiger partial charge in [-0.1, -0.05) is 11.6 Å². The lowest BCUT2D eigenvalue weighted by atomic mass is 10.3. The van der Waals surface area contributed by atoms with E-state index in [9.17, 15) is 8.42 Å². The smallest absolute Gasteiger partial charge is 0.271 e. The molecule has 0 amide bonds. The molecule has 2 rings (SSSR count). The normalized spacial score (nSPS) is 11.3. The number of halogens is 1. The van der Waals surface area contributed by atoms with Crippen molar-refractivity contribution >= 4 is 38.6 Å². The molecule has 0 spiro atoms. The van der Waals surface area contributed by atoms with Gasteiger partial charge >= 0.3 is 0 Å². The Labute approximate surface area is 121 Å². The highest BCUT2D eigenvalue weighted by Crippen LogP contribution is 2.27. The minimum Gasteiger partial charge on any atom is -0.494 e. The molecule has 0 unspecified atom stereocenters. The Hall–Kier alpha value is -1.24. The van der Waals surface area contributed by atoms with Gasteiger partial charge in [0.2, 0.25) is 0 Å². The summed E-state index contributed by atoms with van der Waals surface area (Å²) >= 11 is 6.75. The molecule has 0 atom stereocenters. The predicted molar refractivity (Wildman–Crippen MR) is 77.7 cm³/mol. The molecule has 0 fully saturated rings. The van der Waals surface area contributed by atoms with Crippen LogP contribution in [0.25, 0.3) is 0 Å². The van der Waals surface area contributed by atoms with E-state index in [0.29, 0.717) is 22.4 Å². The molecule has 1 heterocycles. The van der Waals surface area contributed by atoms with Crippen molar-refractivity contribution in [3.8, 4) is 5.75 Å². The zero-order valence-electron chi connectivity index (χ0n) is 10.1. The van der Waals surface area contributed by atoms with E-state index in [1.807, 2.05) is 6.92 Å². The number of hydrogen-bond acceptors (Lipinski definition) is 4. The summed E-state index contributed by atoms with van der Waals surface area (Å²) in [7, 11) is -3.57. The first-order valence-electron chi connectivity index (χ1n) is 5.52. The monoisotopic (exact) mass is 317 g/mol. The molecular formula is C12H12ClNO3S2. The maximum atomic E-state index is 12.0. The number of ether oxygens (including phenoxy) is 1. The number of hydrogen-bond donors (Lipinski definition) is 1. The molecule has 1 aromatic heterocycles. The van der Waals surface area contributed by atoms with Crippen LogP contribution in [0.4, 0.5) is 5.69 Å². The minimum atomic E-state index is -3.57. The lowest BCUT2D eigenvalue weighted by molar-refractivity contribution is 0.340. The van der Waals surface area contributed by atoms with Crippen molar-refractivity contribution in [3.05, 3.63) is 40.7 Å². The first kappa shape index (κ1) is 14.2. The number of sulfonamides is 1. The van der Waals surface area contributed by atoms with E-state index in [-0.39, 0.29) is 4.21 Å². The van der Waals surface area contributed by atoms with Gasteiger partial charge in [0, 0.05) is 5.69 Å². The van der Waals surface area contributed by atoms with Gasteiger partial charge in [0.15, 0.2) is 0 Å². The second-order valence-electron chi connectivity index (χ2n) is 3.62. The van der Waals surface area contributed by atoms with Gasteiger partial charge in [-0.25, -0.2) is 8.42 Å². The van der Waals surface area contributed by atoms with E-state index in [2.05, 4.69) is 4.72 Å². The van der Waals surface area contributed by atoms with Crippen LogP contribution in [0.15, 0.2) is 40.6 Å². The van der Waals surface area contributed by atoms with Gasteiger partial charge in [0.25, 0.3) is 10.0 Å². The van der Waals surface area contributed by atoms with E-state index in [1.54, 1.807) is 30.3 Å². The van der Waals surface area contributed by atoms with Crippen molar-refractivity contribution in [1.82, 2.24) is 0 Å². The Kier molecular flexibility index (Phi) is 4.34. The van der Waals surface area contributed by atoms with Gasteiger partial charge in [0.1, 0.15) is 9.96 Å². The summed E-state index contributed by atoms with van der Waals surface area (Å²) in [5, 5.41) is 0. The summed E-state index contributed by atoms with van der Waals surface area (Å²) in [5.41, 5.74) is 0.480. The second kappa shape index (κ2) is 5.81. The highest BCUT2D eigenvalue weighted by Gasteiger charge is 2.16.